The standard InChI is InChI=1S/C27H31F3N2O4/c1-4-36-26(35)24-19(3)32(16-15-31-13-8-5-9-14-31)18(2)23(22(34)12-17-33)25(24)20-10-6-7-11-21(20)27(28,29)30/h6-7,10-12,25H,4-5,8-9,13-16H2,1-3H3. The summed E-state index contributed by atoms with van der Waals surface area (Å²) in [4.78, 5) is 41.5. The van der Waals surface area contributed by atoms with Crippen LogP contribution in [-0.4, -0.2) is 60.3 Å². The van der Waals surface area contributed by atoms with E-state index in [0.717, 1.165) is 32.0 Å². The van der Waals surface area contributed by atoms with Crippen LogP contribution in [0.5, 0.6) is 0 Å². The molecule has 0 saturated carbocycles. The summed E-state index contributed by atoms with van der Waals surface area (Å²) in [6.45, 7) is 7.86. The summed E-state index contributed by atoms with van der Waals surface area (Å²) in [6.07, 6.45) is -0.724. The molecule has 2 aliphatic rings. The number of hydrogen-bond donors (Lipinski definition) is 0. The fraction of sp³-hybridized carbons (Fsp3) is 0.481. The smallest absolute Gasteiger partial charge is 0.416 e. The molecule has 0 radical (unpaired) electrons. The van der Waals surface area contributed by atoms with Gasteiger partial charge < -0.3 is 14.5 Å². The van der Waals surface area contributed by atoms with Gasteiger partial charge in [-0.05, 0) is 58.3 Å². The first-order chi connectivity index (χ1) is 17.1. The van der Waals surface area contributed by atoms with Gasteiger partial charge in [0.25, 0.3) is 0 Å². The molecule has 1 unspecified atom stereocenters. The van der Waals surface area contributed by atoms with E-state index in [-0.39, 0.29) is 23.3 Å². The molecule has 0 bridgehead atoms. The summed E-state index contributed by atoms with van der Waals surface area (Å²) < 4.78 is 47.4. The zero-order valence-corrected chi connectivity index (χ0v) is 20.8. The van der Waals surface area contributed by atoms with Crippen molar-refractivity contribution < 1.29 is 32.3 Å². The number of alkyl halides is 3. The molecular weight excluding hydrogens is 473 g/mol. The van der Waals surface area contributed by atoms with Crippen LogP contribution in [-0.2, 0) is 25.3 Å². The molecule has 1 fully saturated rings. The van der Waals surface area contributed by atoms with Crippen LogP contribution in [0.4, 0.5) is 13.2 Å². The van der Waals surface area contributed by atoms with E-state index in [2.05, 4.69) is 4.90 Å². The molecule has 1 saturated heterocycles. The van der Waals surface area contributed by atoms with Gasteiger partial charge in [-0.15, -0.1) is 0 Å². The zero-order valence-electron chi connectivity index (χ0n) is 20.8. The number of nitrogens with zero attached hydrogens (tertiary/aromatic N) is 2. The van der Waals surface area contributed by atoms with E-state index in [0.29, 0.717) is 30.6 Å². The van der Waals surface area contributed by atoms with Gasteiger partial charge >= 0.3 is 12.1 Å². The highest BCUT2D eigenvalue weighted by atomic mass is 19.4. The fourth-order valence-corrected chi connectivity index (χ4v) is 5.11. The summed E-state index contributed by atoms with van der Waals surface area (Å²) in [7, 11) is 0. The molecule has 6 nitrogen and oxygen atoms in total. The highest BCUT2D eigenvalue weighted by Crippen LogP contribution is 2.46. The van der Waals surface area contributed by atoms with Gasteiger partial charge in [0.15, 0.2) is 5.78 Å². The minimum atomic E-state index is -4.72. The lowest BCUT2D eigenvalue weighted by Crippen LogP contribution is -2.40. The number of likely N-dealkylation sites (tertiary alicyclic amines) is 1. The molecule has 2 aliphatic heterocycles. The lowest BCUT2D eigenvalue weighted by molar-refractivity contribution is -0.140. The molecule has 9 heteroatoms. The Morgan fingerprint density at radius 2 is 1.69 bits per heavy atom. The molecular formula is C27H31F3N2O4. The first kappa shape index (κ1) is 27.4. The normalized spacial score (nSPS) is 19.3. The van der Waals surface area contributed by atoms with Crippen molar-refractivity contribution in [1.29, 1.82) is 0 Å². The molecule has 0 amide bonds. The van der Waals surface area contributed by atoms with Gasteiger partial charge in [0.05, 0.1) is 23.8 Å². The number of allylic oxidation sites excluding steroid dienone is 4. The molecule has 0 N–H and O–H groups in total. The largest absolute Gasteiger partial charge is 0.463 e. The first-order valence-corrected chi connectivity index (χ1v) is 12.1. The Hall–Kier alpha value is -3.16. The van der Waals surface area contributed by atoms with Crippen LogP contribution in [0.15, 0.2) is 52.9 Å². The van der Waals surface area contributed by atoms with Crippen LogP contribution >= 0.6 is 0 Å². The average molecular weight is 505 g/mol. The van der Waals surface area contributed by atoms with Gasteiger partial charge in [-0.25, -0.2) is 9.59 Å². The second-order valence-electron chi connectivity index (χ2n) is 8.92. The van der Waals surface area contributed by atoms with Crippen molar-refractivity contribution in [1.82, 2.24) is 9.80 Å². The van der Waals surface area contributed by atoms with Crippen LogP contribution in [0.3, 0.4) is 0 Å². The Morgan fingerprint density at radius 3 is 2.31 bits per heavy atom. The molecule has 2 heterocycles. The summed E-state index contributed by atoms with van der Waals surface area (Å²) in [6, 6.07) is 4.86. The Morgan fingerprint density at radius 1 is 1.06 bits per heavy atom. The average Bonchev–Trinajstić information content (AvgIpc) is 2.84. The number of halogens is 3. The van der Waals surface area contributed by atoms with Crippen LogP contribution in [0.1, 0.15) is 57.1 Å². The minimum absolute atomic E-state index is 0.0112. The van der Waals surface area contributed by atoms with Crippen LogP contribution in [0, 0.1) is 0 Å². The van der Waals surface area contributed by atoms with E-state index < -0.39 is 29.4 Å². The molecule has 0 aromatic heterocycles. The SMILES string of the molecule is CCOC(=O)C1=C(C)N(CCN2CCCCC2)C(C)=C(C(=O)C=C=O)C1c1ccccc1C(F)(F)F. The maximum absolute atomic E-state index is 14.0. The number of ketones is 1. The Labute approximate surface area is 209 Å². The van der Waals surface area contributed by atoms with E-state index >= 15 is 0 Å². The van der Waals surface area contributed by atoms with Crippen molar-refractivity contribution in [2.75, 3.05) is 32.8 Å². The van der Waals surface area contributed by atoms with E-state index in [4.69, 9.17) is 4.74 Å². The number of piperidine rings is 1. The van der Waals surface area contributed by atoms with Crippen molar-refractivity contribution in [3.05, 3.63) is 64.0 Å². The number of hydrogen-bond acceptors (Lipinski definition) is 6. The highest BCUT2D eigenvalue weighted by Gasteiger charge is 2.43. The fourth-order valence-electron chi connectivity index (χ4n) is 5.11. The number of carbonyl (C=O) groups is 2. The number of rotatable bonds is 8. The molecule has 194 valence electrons. The topological polar surface area (TPSA) is 66.9 Å². The molecule has 0 spiro atoms. The second-order valence-corrected chi connectivity index (χ2v) is 8.92. The van der Waals surface area contributed by atoms with Crippen LogP contribution in [0.25, 0.3) is 0 Å². The number of benzene rings is 1. The van der Waals surface area contributed by atoms with Gasteiger partial charge in [0.1, 0.15) is 5.94 Å². The molecule has 1 aromatic carbocycles. The van der Waals surface area contributed by atoms with Crippen molar-refractivity contribution in [3.8, 4) is 0 Å². The predicted molar refractivity (Wildman–Crippen MR) is 128 cm³/mol. The minimum Gasteiger partial charge on any atom is -0.463 e. The number of ether oxygens (including phenoxy) is 1. The first-order valence-electron chi connectivity index (χ1n) is 12.1. The quantitative estimate of drug-likeness (QED) is 0.292. The second kappa shape index (κ2) is 11.7. The lowest BCUT2D eigenvalue weighted by atomic mass is 9.76. The molecule has 36 heavy (non-hydrogen) atoms. The summed E-state index contributed by atoms with van der Waals surface area (Å²) in [5, 5.41) is 0. The third-order valence-corrected chi connectivity index (χ3v) is 6.78. The third kappa shape index (κ3) is 5.79. The number of carbonyl (C=O) groups excluding carboxylic acids is 3. The monoisotopic (exact) mass is 504 g/mol. The molecule has 1 aromatic rings. The van der Waals surface area contributed by atoms with Crippen LogP contribution < -0.4 is 0 Å². The number of esters is 1. The Kier molecular flexibility index (Phi) is 8.93. The van der Waals surface area contributed by atoms with Crippen molar-refractivity contribution in [2.45, 2.75) is 52.1 Å². The highest BCUT2D eigenvalue weighted by molar-refractivity contribution is 6.11. The maximum atomic E-state index is 14.0. The van der Waals surface area contributed by atoms with Gasteiger partial charge in [0.2, 0.25) is 0 Å². The maximum Gasteiger partial charge on any atom is 0.416 e. The van der Waals surface area contributed by atoms with Gasteiger partial charge in [-0.1, -0.05) is 24.6 Å². The van der Waals surface area contributed by atoms with Crippen LogP contribution in [0.2, 0.25) is 0 Å². The van der Waals surface area contributed by atoms with Crippen molar-refractivity contribution in [2.24, 2.45) is 0 Å². The van der Waals surface area contributed by atoms with E-state index in [9.17, 15) is 27.6 Å². The van der Waals surface area contributed by atoms with Crippen molar-refractivity contribution >= 4 is 17.7 Å². The molecule has 0 aliphatic carbocycles. The summed E-state index contributed by atoms with van der Waals surface area (Å²) >= 11 is 0. The van der Waals surface area contributed by atoms with E-state index in [1.54, 1.807) is 25.7 Å². The Bertz CT molecular complexity index is 1110. The predicted octanol–water partition coefficient (Wildman–Crippen LogP) is 4.66. The van der Waals surface area contributed by atoms with Gasteiger partial charge in [-0.2, -0.15) is 13.2 Å². The Balaban J connectivity index is 2.22. The zero-order chi connectivity index (χ0) is 26.5. The molecule has 1 atom stereocenters. The van der Waals surface area contributed by atoms with Crippen molar-refractivity contribution in [3.63, 3.8) is 0 Å². The summed E-state index contributed by atoms with van der Waals surface area (Å²) in [5.74, 6) is -1.50. The lowest BCUT2D eigenvalue weighted by Gasteiger charge is -2.39. The van der Waals surface area contributed by atoms with E-state index in [1.807, 2.05) is 0 Å². The summed E-state index contributed by atoms with van der Waals surface area (Å²) in [5.41, 5.74) is -0.486. The van der Waals surface area contributed by atoms with E-state index in [1.165, 1.54) is 30.6 Å². The van der Waals surface area contributed by atoms with Gasteiger partial charge in [0, 0.05) is 36.0 Å². The molecule has 3 rings (SSSR count). The van der Waals surface area contributed by atoms with Gasteiger partial charge in [-0.3, -0.25) is 4.79 Å². The third-order valence-electron chi connectivity index (χ3n) is 6.78.